The zero-order valence-electron chi connectivity index (χ0n) is 12.3. The topological polar surface area (TPSA) is 95.5 Å². The second-order valence-electron chi connectivity index (χ2n) is 4.93. The van der Waals surface area contributed by atoms with Gasteiger partial charge >= 0.3 is 12.0 Å². The van der Waals surface area contributed by atoms with Gasteiger partial charge in [0.2, 0.25) is 0 Å². The van der Waals surface area contributed by atoms with Crippen LogP contribution < -0.4 is 10.6 Å². The van der Waals surface area contributed by atoms with Gasteiger partial charge in [-0.25, -0.2) is 4.79 Å². The quantitative estimate of drug-likeness (QED) is 0.504. The minimum absolute atomic E-state index is 0.00877. The first-order valence-corrected chi connectivity index (χ1v) is 8.70. The lowest BCUT2D eigenvalue weighted by atomic mass is 10.1. The van der Waals surface area contributed by atoms with Crippen LogP contribution in [0.15, 0.2) is 0 Å². The van der Waals surface area contributed by atoms with Crippen molar-refractivity contribution >= 4 is 22.8 Å². The summed E-state index contributed by atoms with van der Waals surface area (Å²) in [5.41, 5.74) is 0. The average molecular weight is 306 g/mol. The van der Waals surface area contributed by atoms with E-state index in [1.807, 2.05) is 6.92 Å². The molecule has 118 valence electrons. The Morgan fingerprint density at radius 2 is 1.85 bits per heavy atom. The van der Waals surface area contributed by atoms with Gasteiger partial charge in [0.1, 0.15) is 0 Å². The molecule has 0 heterocycles. The first kappa shape index (κ1) is 18.9. The fraction of sp³-hybridized carbons (Fsp3) is 0.846. The summed E-state index contributed by atoms with van der Waals surface area (Å²) in [6.07, 6.45) is 5.88. The highest BCUT2D eigenvalue weighted by molar-refractivity contribution is 7.84. The van der Waals surface area contributed by atoms with Gasteiger partial charge in [-0.15, -0.1) is 0 Å². The van der Waals surface area contributed by atoms with Crippen molar-refractivity contribution in [2.75, 3.05) is 18.6 Å². The number of unbranched alkanes of at least 4 members (excludes halogenated alkanes) is 3. The molecule has 2 unspecified atom stereocenters. The van der Waals surface area contributed by atoms with Crippen LogP contribution in [-0.2, 0) is 15.6 Å². The molecule has 0 saturated heterocycles. The van der Waals surface area contributed by atoms with E-state index in [0.717, 1.165) is 19.3 Å². The predicted octanol–water partition coefficient (Wildman–Crippen LogP) is 1.48. The SMILES string of the molecule is CC(CCS(C)=O)NC(=O)NCCCCCCC(=O)O. The first-order valence-electron chi connectivity index (χ1n) is 6.98. The number of nitrogens with one attached hydrogen (secondary N) is 2. The van der Waals surface area contributed by atoms with E-state index < -0.39 is 16.8 Å². The molecule has 0 rings (SSSR count). The third kappa shape index (κ3) is 13.3. The Morgan fingerprint density at radius 3 is 2.45 bits per heavy atom. The Morgan fingerprint density at radius 1 is 1.20 bits per heavy atom. The highest BCUT2D eigenvalue weighted by Crippen LogP contribution is 2.02. The molecule has 0 fully saturated rings. The maximum Gasteiger partial charge on any atom is 0.314 e. The van der Waals surface area contributed by atoms with Crippen LogP contribution in [0, 0.1) is 0 Å². The molecule has 0 aliphatic rings. The fourth-order valence-electron chi connectivity index (χ4n) is 1.65. The smallest absolute Gasteiger partial charge is 0.314 e. The number of rotatable bonds is 11. The zero-order chi connectivity index (χ0) is 15.4. The Kier molecular flexibility index (Phi) is 11.0. The highest BCUT2D eigenvalue weighted by Gasteiger charge is 2.07. The molecule has 0 aliphatic carbocycles. The molecule has 0 bridgehead atoms. The summed E-state index contributed by atoms with van der Waals surface area (Å²) in [4.78, 5) is 21.8. The van der Waals surface area contributed by atoms with Crippen molar-refractivity contribution in [2.45, 2.75) is 51.5 Å². The summed E-state index contributed by atoms with van der Waals surface area (Å²) in [5, 5.41) is 14.0. The lowest BCUT2D eigenvalue weighted by Crippen LogP contribution is -2.41. The third-order valence-corrected chi connectivity index (χ3v) is 3.63. The van der Waals surface area contributed by atoms with E-state index >= 15 is 0 Å². The number of urea groups is 1. The number of hydrogen-bond acceptors (Lipinski definition) is 3. The van der Waals surface area contributed by atoms with Crippen LogP contribution in [0.3, 0.4) is 0 Å². The van der Waals surface area contributed by atoms with Gasteiger partial charge in [-0.05, 0) is 26.2 Å². The number of carbonyl (C=O) groups is 2. The molecule has 0 saturated carbocycles. The first-order chi connectivity index (χ1) is 9.41. The van der Waals surface area contributed by atoms with E-state index in [2.05, 4.69) is 10.6 Å². The minimum atomic E-state index is -0.828. The van der Waals surface area contributed by atoms with Crippen molar-refractivity contribution in [1.29, 1.82) is 0 Å². The van der Waals surface area contributed by atoms with E-state index in [-0.39, 0.29) is 18.5 Å². The summed E-state index contributed by atoms with van der Waals surface area (Å²) in [5.74, 6) is -0.171. The number of hydrogen-bond donors (Lipinski definition) is 3. The van der Waals surface area contributed by atoms with E-state index in [0.29, 0.717) is 25.1 Å². The standard InChI is InChI=1S/C13H26N2O4S/c1-11(8-10-20(2)19)15-13(18)14-9-6-4-3-5-7-12(16)17/h11H,3-10H2,1-2H3,(H,16,17)(H2,14,15,18). The molecule has 7 heteroatoms. The molecular weight excluding hydrogens is 280 g/mol. The van der Waals surface area contributed by atoms with E-state index in [1.165, 1.54) is 0 Å². The minimum Gasteiger partial charge on any atom is -0.481 e. The number of carboxylic acid groups (broad SMARTS) is 1. The second-order valence-corrected chi connectivity index (χ2v) is 6.48. The van der Waals surface area contributed by atoms with Gasteiger partial charge < -0.3 is 15.7 Å². The highest BCUT2D eigenvalue weighted by atomic mass is 32.2. The largest absolute Gasteiger partial charge is 0.481 e. The zero-order valence-corrected chi connectivity index (χ0v) is 13.1. The Balaban J connectivity index is 3.44. The Hall–Kier alpha value is -1.11. The molecule has 2 atom stereocenters. The molecule has 20 heavy (non-hydrogen) atoms. The van der Waals surface area contributed by atoms with Crippen LogP contribution in [0.2, 0.25) is 0 Å². The van der Waals surface area contributed by atoms with Crippen LogP contribution in [0.5, 0.6) is 0 Å². The molecule has 0 radical (unpaired) electrons. The van der Waals surface area contributed by atoms with Crippen LogP contribution >= 0.6 is 0 Å². The summed E-state index contributed by atoms with van der Waals surface area (Å²) < 4.78 is 10.9. The van der Waals surface area contributed by atoms with Gasteiger partial charge in [-0.2, -0.15) is 0 Å². The van der Waals surface area contributed by atoms with Gasteiger partial charge in [0.05, 0.1) is 0 Å². The lowest BCUT2D eigenvalue weighted by molar-refractivity contribution is -0.137. The molecule has 0 aliphatic heterocycles. The van der Waals surface area contributed by atoms with Crippen LogP contribution in [0.1, 0.15) is 45.4 Å². The summed E-state index contributed by atoms with van der Waals surface area (Å²) in [6.45, 7) is 2.48. The van der Waals surface area contributed by atoms with Crippen molar-refractivity contribution < 1.29 is 18.9 Å². The van der Waals surface area contributed by atoms with Crippen molar-refractivity contribution in [3.63, 3.8) is 0 Å². The summed E-state index contributed by atoms with van der Waals surface area (Å²) >= 11 is 0. The number of aliphatic carboxylic acids is 1. The van der Waals surface area contributed by atoms with Crippen molar-refractivity contribution in [1.82, 2.24) is 10.6 Å². The number of carbonyl (C=O) groups excluding carboxylic acids is 1. The van der Waals surface area contributed by atoms with Gasteiger partial charge in [0.15, 0.2) is 0 Å². The maximum atomic E-state index is 11.5. The average Bonchev–Trinajstić information content (AvgIpc) is 2.34. The normalized spacial score (nSPS) is 13.5. The molecule has 6 nitrogen and oxygen atoms in total. The van der Waals surface area contributed by atoms with Gasteiger partial charge in [-0.3, -0.25) is 9.00 Å². The van der Waals surface area contributed by atoms with E-state index in [1.54, 1.807) is 6.26 Å². The predicted molar refractivity (Wildman–Crippen MR) is 80.3 cm³/mol. The molecule has 3 N–H and O–H groups in total. The molecular formula is C13H26N2O4S. The Labute approximate surface area is 123 Å². The number of carboxylic acids is 1. The summed E-state index contributed by atoms with van der Waals surface area (Å²) in [7, 11) is -0.828. The number of amides is 2. The maximum absolute atomic E-state index is 11.5. The van der Waals surface area contributed by atoms with Crippen LogP contribution in [0.25, 0.3) is 0 Å². The molecule has 0 aromatic heterocycles. The van der Waals surface area contributed by atoms with Gasteiger partial charge in [0.25, 0.3) is 0 Å². The van der Waals surface area contributed by atoms with Crippen molar-refractivity contribution in [3.8, 4) is 0 Å². The second kappa shape index (κ2) is 11.7. The van der Waals surface area contributed by atoms with Crippen LogP contribution in [0.4, 0.5) is 4.79 Å². The lowest BCUT2D eigenvalue weighted by Gasteiger charge is -2.13. The van der Waals surface area contributed by atoms with Crippen molar-refractivity contribution in [2.24, 2.45) is 0 Å². The van der Waals surface area contributed by atoms with E-state index in [4.69, 9.17) is 5.11 Å². The van der Waals surface area contributed by atoms with Crippen molar-refractivity contribution in [3.05, 3.63) is 0 Å². The van der Waals surface area contributed by atoms with E-state index in [9.17, 15) is 13.8 Å². The molecule has 0 aromatic rings. The summed E-state index contributed by atoms with van der Waals surface area (Å²) in [6, 6.07) is -0.195. The monoisotopic (exact) mass is 306 g/mol. The van der Waals surface area contributed by atoms with Gasteiger partial charge in [-0.1, -0.05) is 12.8 Å². The molecule has 0 aromatic carbocycles. The molecule has 0 spiro atoms. The van der Waals surface area contributed by atoms with Gasteiger partial charge in [0, 0.05) is 41.8 Å². The molecule has 2 amide bonds. The van der Waals surface area contributed by atoms with Crippen LogP contribution in [-0.4, -0.2) is 45.9 Å². The third-order valence-electron chi connectivity index (χ3n) is 2.82. The Bertz CT molecular complexity index is 323. The fourth-order valence-corrected chi connectivity index (χ4v) is 2.33.